The molecule has 0 aliphatic carbocycles. The van der Waals surface area contributed by atoms with E-state index < -0.39 is 0 Å². The van der Waals surface area contributed by atoms with Crippen molar-refractivity contribution in [2.75, 3.05) is 44.6 Å². The number of urea groups is 1. The lowest BCUT2D eigenvalue weighted by molar-refractivity contribution is 0.00787. The fourth-order valence-corrected chi connectivity index (χ4v) is 3.41. The van der Waals surface area contributed by atoms with Crippen LogP contribution in [0.5, 0.6) is 0 Å². The van der Waals surface area contributed by atoms with Crippen molar-refractivity contribution in [1.82, 2.24) is 14.8 Å². The number of aromatic nitrogens is 1. The maximum absolute atomic E-state index is 12.3. The molecular weight excluding hydrogens is 304 g/mol. The molecule has 0 bridgehead atoms. The Morgan fingerprint density at radius 3 is 2.75 bits per heavy atom. The Morgan fingerprint density at radius 1 is 1.29 bits per heavy atom. The van der Waals surface area contributed by atoms with Gasteiger partial charge in [-0.3, -0.25) is 4.98 Å². The maximum atomic E-state index is 12.3. The lowest BCUT2D eigenvalue weighted by Gasteiger charge is -2.32. The molecule has 6 heteroatoms. The second-order valence-corrected chi connectivity index (χ2v) is 6.72. The van der Waals surface area contributed by atoms with Crippen LogP contribution in [0.2, 0.25) is 0 Å². The van der Waals surface area contributed by atoms with Gasteiger partial charge in [0.2, 0.25) is 0 Å². The third kappa shape index (κ3) is 4.92. The fourth-order valence-electron chi connectivity index (χ4n) is 3.41. The van der Waals surface area contributed by atoms with Gasteiger partial charge in [-0.15, -0.1) is 0 Å². The van der Waals surface area contributed by atoms with Crippen molar-refractivity contribution in [3.8, 4) is 0 Å². The number of aryl methyl sites for hydroxylation is 1. The lowest BCUT2D eigenvalue weighted by Crippen LogP contribution is -2.43. The van der Waals surface area contributed by atoms with Crippen LogP contribution in [0.4, 0.5) is 10.5 Å². The summed E-state index contributed by atoms with van der Waals surface area (Å²) in [5.74, 6) is 0. The first-order valence-corrected chi connectivity index (χ1v) is 9.03. The van der Waals surface area contributed by atoms with E-state index in [1.165, 1.54) is 25.9 Å². The molecule has 0 radical (unpaired) electrons. The monoisotopic (exact) mass is 332 g/mol. The number of carbonyl (C=O) groups is 1. The molecule has 2 aliphatic rings. The zero-order valence-corrected chi connectivity index (χ0v) is 14.5. The standard InChI is InChI=1S/C18H28N4O2/c1-15-14-16(4-7-19-15)20-18(23)22-10-5-17(6-11-22)24-13-12-21-8-2-3-9-21/h4,7,14,17H,2-3,5-6,8-13H2,1H3,(H,19,20,23). The predicted molar refractivity (Wildman–Crippen MR) is 94.2 cm³/mol. The summed E-state index contributed by atoms with van der Waals surface area (Å²) >= 11 is 0. The van der Waals surface area contributed by atoms with Gasteiger partial charge in [0.1, 0.15) is 0 Å². The van der Waals surface area contributed by atoms with Gasteiger partial charge in [-0.1, -0.05) is 0 Å². The van der Waals surface area contributed by atoms with E-state index in [9.17, 15) is 4.79 Å². The Labute approximate surface area is 144 Å². The van der Waals surface area contributed by atoms with Crippen molar-refractivity contribution >= 4 is 11.7 Å². The van der Waals surface area contributed by atoms with Crippen molar-refractivity contribution in [1.29, 1.82) is 0 Å². The second kappa shape index (κ2) is 8.44. The van der Waals surface area contributed by atoms with Gasteiger partial charge in [-0.25, -0.2) is 4.79 Å². The lowest BCUT2D eigenvalue weighted by atomic mass is 10.1. The minimum absolute atomic E-state index is 0.0314. The fraction of sp³-hybridized carbons (Fsp3) is 0.667. The summed E-state index contributed by atoms with van der Waals surface area (Å²) in [5.41, 5.74) is 1.70. The number of hydrogen-bond donors (Lipinski definition) is 1. The minimum Gasteiger partial charge on any atom is -0.377 e. The Hall–Kier alpha value is -1.66. The molecule has 2 fully saturated rings. The van der Waals surface area contributed by atoms with Crippen LogP contribution in [0.25, 0.3) is 0 Å². The SMILES string of the molecule is Cc1cc(NC(=O)N2CCC(OCCN3CCCC3)CC2)ccn1. The van der Waals surface area contributed by atoms with Gasteiger partial charge in [0.25, 0.3) is 0 Å². The van der Waals surface area contributed by atoms with Crippen LogP contribution in [-0.2, 0) is 4.74 Å². The number of pyridine rings is 1. The Bertz CT molecular complexity index is 538. The molecule has 6 nitrogen and oxygen atoms in total. The molecule has 2 aliphatic heterocycles. The third-order valence-corrected chi connectivity index (χ3v) is 4.84. The molecule has 1 aromatic heterocycles. The number of rotatable bonds is 5. The van der Waals surface area contributed by atoms with E-state index in [4.69, 9.17) is 4.74 Å². The molecule has 2 amide bonds. The highest BCUT2D eigenvalue weighted by atomic mass is 16.5. The highest BCUT2D eigenvalue weighted by Gasteiger charge is 2.23. The first-order valence-electron chi connectivity index (χ1n) is 9.03. The van der Waals surface area contributed by atoms with Crippen molar-refractivity contribution < 1.29 is 9.53 Å². The van der Waals surface area contributed by atoms with E-state index in [1.54, 1.807) is 6.20 Å². The minimum atomic E-state index is -0.0314. The molecule has 24 heavy (non-hydrogen) atoms. The van der Waals surface area contributed by atoms with E-state index in [0.29, 0.717) is 6.10 Å². The van der Waals surface area contributed by atoms with Crippen molar-refractivity contribution in [2.24, 2.45) is 0 Å². The molecule has 3 rings (SSSR count). The van der Waals surface area contributed by atoms with Crippen LogP contribution in [-0.4, -0.2) is 66.2 Å². The quantitative estimate of drug-likeness (QED) is 0.900. The van der Waals surface area contributed by atoms with E-state index in [1.807, 2.05) is 24.0 Å². The van der Waals surface area contributed by atoms with E-state index in [0.717, 1.165) is 50.5 Å². The molecular formula is C18H28N4O2. The zero-order chi connectivity index (χ0) is 16.8. The maximum Gasteiger partial charge on any atom is 0.321 e. The zero-order valence-electron chi connectivity index (χ0n) is 14.5. The van der Waals surface area contributed by atoms with Gasteiger partial charge < -0.3 is 19.9 Å². The number of nitrogens with one attached hydrogen (secondary N) is 1. The molecule has 3 heterocycles. The average Bonchev–Trinajstić information content (AvgIpc) is 3.09. The Balaban J connectivity index is 1.35. The van der Waals surface area contributed by atoms with Gasteiger partial charge in [-0.2, -0.15) is 0 Å². The summed E-state index contributed by atoms with van der Waals surface area (Å²) in [4.78, 5) is 20.8. The highest BCUT2D eigenvalue weighted by molar-refractivity contribution is 5.89. The predicted octanol–water partition coefficient (Wildman–Crippen LogP) is 2.50. The van der Waals surface area contributed by atoms with Crippen LogP contribution in [0, 0.1) is 6.92 Å². The topological polar surface area (TPSA) is 57.7 Å². The van der Waals surface area contributed by atoms with Crippen LogP contribution in [0.3, 0.4) is 0 Å². The van der Waals surface area contributed by atoms with E-state index in [2.05, 4.69) is 15.2 Å². The molecule has 0 spiro atoms. The van der Waals surface area contributed by atoms with Gasteiger partial charge in [0.15, 0.2) is 0 Å². The second-order valence-electron chi connectivity index (χ2n) is 6.72. The van der Waals surface area contributed by atoms with Gasteiger partial charge in [0, 0.05) is 37.2 Å². The average molecular weight is 332 g/mol. The summed E-state index contributed by atoms with van der Waals surface area (Å²) in [6.07, 6.45) is 6.49. The van der Waals surface area contributed by atoms with Gasteiger partial charge >= 0.3 is 6.03 Å². The molecule has 0 saturated carbocycles. The molecule has 132 valence electrons. The number of nitrogens with zero attached hydrogens (tertiary/aromatic N) is 3. The first-order chi connectivity index (χ1) is 11.7. The first kappa shape index (κ1) is 17.2. The number of piperidine rings is 1. The number of carbonyl (C=O) groups excluding carboxylic acids is 1. The van der Waals surface area contributed by atoms with Crippen LogP contribution in [0.15, 0.2) is 18.3 Å². The van der Waals surface area contributed by atoms with Crippen LogP contribution < -0.4 is 5.32 Å². The van der Waals surface area contributed by atoms with Crippen molar-refractivity contribution in [3.63, 3.8) is 0 Å². The third-order valence-electron chi connectivity index (χ3n) is 4.84. The molecule has 1 aromatic rings. The summed E-state index contributed by atoms with van der Waals surface area (Å²) in [5, 5.41) is 2.95. The number of hydrogen-bond acceptors (Lipinski definition) is 4. The number of anilines is 1. The smallest absolute Gasteiger partial charge is 0.321 e. The Morgan fingerprint density at radius 2 is 2.04 bits per heavy atom. The summed E-state index contributed by atoms with van der Waals surface area (Å²) in [6, 6.07) is 3.67. The molecule has 1 N–H and O–H groups in total. The molecule has 0 aromatic carbocycles. The highest BCUT2D eigenvalue weighted by Crippen LogP contribution is 2.16. The van der Waals surface area contributed by atoms with Gasteiger partial charge in [0.05, 0.1) is 12.7 Å². The van der Waals surface area contributed by atoms with Crippen molar-refractivity contribution in [2.45, 2.75) is 38.7 Å². The normalized spacial score (nSPS) is 19.6. The van der Waals surface area contributed by atoms with E-state index >= 15 is 0 Å². The summed E-state index contributed by atoms with van der Waals surface area (Å²) < 4.78 is 6.00. The van der Waals surface area contributed by atoms with Crippen LogP contribution >= 0.6 is 0 Å². The molecule has 0 unspecified atom stereocenters. The van der Waals surface area contributed by atoms with Crippen LogP contribution in [0.1, 0.15) is 31.4 Å². The summed E-state index contributed by atoms with van der Waals surface area (Å²) in [7, 11) is 0. The molecule has 2 saturated heterocycles. The largest absolute Gasteiger partial charge is 0.377 e. The number of ether oxygens (including phenoxy) is 1. The number of likely N-dealkylation sites (tertiary alicyclic amines) is 2. The Kier molecular flexibility index (Phi) is 6.04. The summed E-state index contributed by atoms with van der Waals surface area (Å²) in [6.45, 7) is 7.72. The van der Waals surface area contributed by atoms with E-state index in [-0.39, 0.29) is 6.03 Å². The van der Waals surface area contributed by atoms with Crippen molar-refractivity contribution in [3.05, 3.63) is 24.0 Å². The number of amides is 2. The van der Waals surface area contributed by atoms with Gasteiger partial charge in [-0.05, 0) is 57.8 Å². The molecule has 0 atom stereocenters.